The molecule has 0 radical (unpaired) electrons. The molecule has 52 heavy (non-hydrogen) atoms. The highest BCUT2D eigenvalue weighted by Crippen LogP contribution is 2.36. The number of nitrogens with one attached hydrogen (secondary N) is 1. The van der Waals surface area contributed by atoms with Crippen molar-refractivity contribution in [1.82, 2.24) is 15.1 Å². The molecule has 1 aromatic rings. The van der Waals surface area contributed by atoms with Gasteiger partial charge in [0, 0.05) is 47.8 Å². The van der Waals surface area contributed by atoms with Crippen LogP contribution < -0.4 is 5.32 Å². The van der Waals surface area contributed by atoms with Crippen molar-refractivity contribution in [2.24, 2.45) is 5.92 Å². The lowest BCUT2D eigenvalue weighted by molar-refractivity contribution is -0.234. The fourth-order valence-electron chi connectivity index (χ4n) is 6.87. The van der Waals surface area contributed by atoms with Crippen LogP contribution in [0.1, 0.15) is 83.5 Å². The Kier molecular flexibility index (Phi) is 15.8. The Labute approximate surface area is 311 Å². The molecule has 0 bridgehead atoms. The molecule has 0 aromatic heterocycles. The predicted molar refractivity (Wildman–Crippen MR) is 196 cm³/mol. The Morgan fingerprint density at radius 1 is 1.04 bits per heavy atom. The zero-order valence-electron chi connectivity index (χ0n) is 31.2. The van der Waals surface area contributed by atoms with Crippen molar-refractivity contribution >= 4 is 29.7 Å². The molecule has 0 spiro atoms. The van der Waals surface area contributed by atoms with E-state index in [1.807, 2.05) is 32.1 Å². The first-order chi connectivity index (χ1) is 24.7. The van der Waals surface area contributed by atoms with E-state index in [-0.39, 0.29) is 30.7 Å². The summed E-state index contributed by atoms with van der Waals surface area (Å²) >= 11 is 1.47. The summed E-state index contributed by atoms with van der Waals surface area (Å²) < 4.78 is 30.1. The Morgan fingerprint density at radius 3 is 2.37 bits per heavy atom. The number of carbonyl (C=O) groups is 3. The maximum atomic E-state index is 14.0. The van der Waals surface area contributed by atoms with Crippen molar-refractivity contribution in [1.29, 1.82) is 0 Å². The maximum Gasteiger partial charge on any atom is 0.410 e. The Morgan fingerprint density at radius 2 is 1.73 bits per heavy atom. The van der Waals surface area contributed by atoms with Crippen molar-refractivity contribution in [3.63, 3.8) is 0 Å². The van der Waals surface area contributed by atoms with Crippen molar-refractivity contribution in [3.8, 4) is 0 Å². The average Bonchev–Trinajstić information content (AvgIpc) is 3.34. The number of morpholine rings is 1. The van der Waals surface area contributed by atoms with E-state index in [0.717, 1.165) is 10.5 Å². The zero-order valence-corrected chi connectivity index (χ0v) is 32.0. The Balaban J connectivity index is 1.54. The number of alkyl halides is 1. The predicted octanol–water partition coefficient (Wildman–Crippen LogP) is 4.10. The number of unbranched alkanes of at least 4 members (excludes halogenated alkanes) is 1. The molecule has 12 nitrogen and oxygen atoms in total. The van der Waals surface area contributed by atoms with Gasteiger partial charge in [0.05, 0.1) is 32.1 Å². The first-order valence-corrected chi connectivity index (χ1v) is 19.5. The van der Waals surface area contributed by atoms with Crippen LogP contribution in [0.4, 0.5) is 9.18 Å². The molecule has 292 valence electrons. The van der Waals surface area contributed by atoms with Crippen LogP contribution in [-0.4, -0.2) is 137 Å². The van der Waals surface area contributed by atoms with E-state index in [2.05, 4.69) is 5.32 Å². The molecule has 0 aliphatic carbocycles. The molecule has 2 saturated heterocycles. The minimum atomic E-state index is -1.45. The van der Waals surface area contributed by atoms with E-state index in [1.165, 1.54) is 16.7 Å². The molecule has 3 aliphatic rings. The zero-order chi connectivity index (χ0) is 38.0. The molecule has 3 heterocycles. The molecule has 2 fully saturated rings. The topological polar surface area (TPSA) is 158 Å². The number of ether oxygens (including phenoxy) is 3. The number of amides is 3. The van der Waals surface area contributed by atoms with Gasteiger partial charge in [-0.1, -0.05) is 25.5 Å². The van der Waals surface area contributed by atoms with Gasteiger partial charge < -0.3 is 39.7 Å². The minimum Gasteiger partial charge on any atom is -0.444 e. The van der Waals surface area contributed by atoms with Gasteiger partial charge in [-0.2, -0.15) is 0 Å². The quantitative estimate of drug-likeness (QED) is 0.132. The molecular formula is C38H58FN3O9S. The van der Waals surface area contributed by atoms with Crippen molar-refractivity contribution in [3.05, 3.63) is 41.5 Å². The molecule has 3 unspecified atom stereocenters. The first-order valence-electron chi connectivity index (χ1n) is 18.6. The third-order valence-corrected chi connectivity index (χ3v) is 11.2. The molecule has 8 atom stereocenters. The number of hydrogen-bond donors (Lipinski definition) is 4. The number of aliphatic hydroxyl groups excluding tert-OH is 3. The van der Waals surface area contributed by atoms with Gasteiger partial charge in [-0.15, -0.1) is 11.8 Å². The van der Waals surface area contributed by atoms with Crippen LogP contribution >= 0.6 is 11.8 Å². The summed E-state index contributed by atoms with van der Waals surface area (Å²) in [6.45, 7) is 11.1. The van der Waals surface area contributed by atoms with Gasteiger partial charge in [0.15, 0.2) is 0 Å². The van der Waals surface area contributed by atoms with Gasteiger partial charge in [0.25, 0.3) is 5.91 Å². The fraction of sp³-hybridized carbons (Fsp3) is 0.711. The fourth-order valence-corrected chi connectivity index (χ4v) is 8.02. The number of thioether (sulfide) groups is 1. The molecule has 3 aliphatic heterocycles. The maximum absolute atomic E-state index is 14.0. The Hall–Kier alpha value is -2.75. The number of rotatable bonds is 13. The SMILES string of the molecule is CCC1O[C@H]([C@H](CNC(=O)[C@@H]2CC=C(CCCCF)CCN2C(=O)OC(C)(C)C)[C@H](C)Sc2ccc(C(=O)N3CCOCC3)cc2)C(O)C(O)[C@H]1O. The summed E-state index contributed by atoms with van der Waals surface area (Å²) in [5.74, 6) is -1.02. The van der Waals surface area contributed by atoms with Crippen LogP contribution in [-0.2, 0) is 19.0 Å². The molecule has 1 aromatic carbocycles. The first kappa shape index (κ1) is 42.0. The number of halogens is 1. The summed E-state index contributed by atoms with van der Waals surface area (Å²) in [4.78, 5) is 44.5. The summed E-state index contributed by atoms with van der Waals surface area (Å²) in [6, 6.07) is 6.40. The lowest BCUT2D eigenvalue weighted by Gasteiger charge is -2.45. The van der Waals surface area contributed by atoms with E-state index in [9.17, 15) is 34.1 Å². The second-order valence-electron chi connectivity index (χ2n) is 14.9. The highest BCUT2D eigenvalue weighted by atomic mass is 32.2. The standard InChI is InChI=1S/C38H58FN3O9S/c1-6-30-31(43)32(44)33(45)34(50-30)28(24(2)52-27-13-11-26(12-14-27)36(47)41-19-21-49-22-20-41)23-40-35(46)29-15-10-25(9-7-8-17-39)16-18-42(29)37(48)51-38(3,4)5/h10-14,24,28-34,43-45H,6-9,15-23H2,1-5H3,(H,40,46)/t24-,28+,29-,30?,31-,32?,33?,34+/m0/s1. The van der Waals surface area contributed by atoms with Gasteiger partial charge in [-0.05, 0) is 83.6 Å². The normalized spacial score (nSPS) is 26.9. The van der Waals surface area contributed by atoms with Gasteiger partial charge in [-0.3, -0.25) is 18.9 Å². The second-order valence-corrected chi connectivity index (χ2v) is 16.3. The van der Waals surface area contributed by atoms with Gasteiger partial charge in [-0.25, -0.2) is 4.79 Å². The average molecular weight is 752 g/mol. The largest absolute Gasteiger partial charge is 0.444 e. The third kappa shape index (κ3) is 11.4. The second kappa shape index (κ2) is 19.5. The van der Waals surface area contributed by atoms with Crippen molar-refractivity contribution in [2.75, 3.05) is 46.1 Å². The number of carbonyl (C=O) groups excluding carboxylic acids is 3. The lowest BCUT2D eigenvalue weighted by atomic mass is 9.85. The smallest absolute Gasteiger partial charge is 0.410 e. The van der Waals surface area contributed by atoms with Crippen LogP contribution in [0.5, 0.6) is 0 Å². The van der Waals surface area contributed by atoms with Crippen molar-refractivity contribution < 1.29 is 48.3 Å². The molecule has 4 N–H and O–H groups in total. The third-order valence-electron chi connectivity index (χ3n) is 9.90. The minimum absolute atomic E-state index is 0.0350. The summed E-state index contributed by atoms with van der Waals surface area (Å²) in [5.41, 5.74) is 0.854. The van der Waals surface area contributed by atoms with E-state index in [0.29, 0.717) is 64.0 Å². The molecule has 3 amide bonds. The summed E-state index contributed by atoms with van der Waals surface area (Å²) in [5, 5.41) is 35.4. The molecule has 4 rings (SSSR count). The van der Waals surface area contributed by atoms with E-state index < -0.39 is 66.8 Å². The van der Waals surface area contributed by atoms with E-state index >= 15 is 0 Å². The highest BCUT2D eigenvalue weighted by molar-refractivity contribution is 8.00. The summed E-state index contributed by atoms with van der Waals surface area (Å²) in [6.07, 6.45) is -1.44. The van der Waals surface area contributed by atoms with E-state index in [4.69, 9.17) is 14.2 Å². The van der Waals surface area contributed by atoms with Crippen molar-refractivity contribution in [2.45, 2.75) is 125 Å². The van der Waals surface area contributed by atoms with Crippen LogP contribution in [0.3, 0.4) is 0 Å². The van der Waals surface area contributed by atoms with Gasteiger partial charge in [0.2, 0.25) is 5.91 Å². The number of benzene rings is 1. The number of nitrogens with zero attached hydrogens (tertiary/aromatic N) is 2. The monoisotopic (exact) mass is 751 g/mol. The van der Waals surface area contributed by atoms with Gasteiger partial charge in [0.1, 0.15) is 30.0 Å². The summed E-state index contributed by atoms with van der Waals surface area (Å²) in [7, 11) is 0. The van der Waals surface area contributed by atoms with Crippen LogP contribution in [0, 0.1) is 5.92 Å². The van der Waals surface area contributed by atoms with Gasteiger partial charge >= 0.3 is 6.09 Å². The molecular weight excluding hydrogens is 693 g/mol. The van der Waals surface area contributed by atoms with Crippen LogP contribution in [0.15, 0.2) is 40.8 Å². The number of hydrogen-bond acceptors (Lipinski definition) is 10. The van der Waals surface area contributed by atoms with Crippen LogP contribution in [0.2, 0.25) is 0 Å². The van der Waals surface area contributed by atoms with Crippen LogP contribution in [0.25, 0.3) is 0 Å². The number of aliphatic hydroxyl groups is 3. The highest BCUT2D eigenvalue weighted by Gasteiger charge is 2.47. The Bertz CT molecular complexity index is 1350. The molecule has 0 saturated carbocycles. The van der Waals surface area contributed by atoms with E-state index in [1.54, 1.807) is 37.8 Å². The molecule has 14 heteroatoms. The lowest BCUT2D eigenvalue weighted by Crippen LogP contribution is -2.61.